The molecule has 1 rings (SSSR count). The van der Waals surface area contributed by atoms with Crippen molar-refractivity contribution < 1.29 is 0 Å². The van der Waals surface area contributed by atoms with Gasteiger partial charge < -0.3 is 5.32 Å². The van der Waals surface area contributed by atoms with Crippen molar-refractivity contribution in [2.24, 2.45) is 0 Å². The maximum absolute atomic E-state index is 3.42. The maximum Gasteiger partial charge on any atom is 0.0302 e. The molecular formula is C8H12BrNS. The summed E-state index contributed by atoms with van der Waals surface area (Å²) in [7, 11) is 0. The first-order valence-corrected chi connectivity index (χ1v) is 5.32. The van der Waals surface area contributed by atoms with E-state index < -0.39 is 0 Å². The van der Waals surface area contributed by atoms with Crippen LogP contribution < -0.4 is 5.32 Å². The normalized spacial score (nSPS) is 10.9. The first-order valence-electron chi connectivity index (χ1n) is 3.65. The summed E-state index contributed by atoms with van der Waals surface area (Å²) < 4.78 is 1.18. The van der Waals surface area contributed by atoms with E-state index in [1.165, 1.54) is 9.35 Å². The van der Waals surface area contributed by atoms with Gasteiger partial charge in [-0.05, 0) is 22.0 Å². The molecule has 11 heavy (non-hydrogen) atoms. The molecule has 1 N–H and O–H groups in total. The van der Waals surface area contributed by atoms with Gasteiger partial charge >= 0.3 is 0 Å². The monoisotopic (exact) mass is 233 g/mol. The third-order valence-electron chi connectivity index (χ3n) is 1.31. The van der Waals surface area contributed by atoms with Crippen molar-refractivity contribution in [2.75, 3.05) is 0 Å². The van der Waals surface area contributed by atoms with Crippen molar-refractivity contribution in [3.8, 4) is 0 Å². The molecule has 1 aromatic heterocycles. The fourth-order valence-corrected chi connectivity index (χ4v) is 2.15. The van der Waals surface area contributed by atoms with Gasteiger partial charge in [-0.1, -0.05) is 13.8 Å². The Kier molecular flexibility index (Phi) is 3.55. The quantitative estimate of drug-likeness (QED) is 0.847. The van der Waals surface area contributed by atoms with Crippen LogP contribution in [0.25, 0.3) is 0 Å². The van der Waals surface area contributed by atoms with Crippen LogP contribution in [0.15, 0.2) is 15.9 Å². The lowest BCUT2D eigenvalue weighted by molar-refractivity contribution is 0.593. The number of halogens is 1. The second kappa shape index (κ2) is 4.24. The molecule has 0 unspecified atom stereocenters. The van der Waals surface area contributed by atoms with Crippen molar-refractivity contribution in [1.29, 1.82) is 0 Å². The van der Waals surface area contributed by atoms with E-state index in [9.17, 15) is 0 Å². The molecule has 0 fully saturated rings. The zero-order valence-corrected chi connectivity index (χ0v) is 9.13. The van der Waals surface area contributed by atoms with E-state index in [4.69, 9.17) is 0 Å². The minimum Gasteiger partial charge on any atom is -0.310 e. The Bertz CT molecular complexity index is 220. The van der Waals surface area contributed by atoms with Crippen LogP contribution in [0.4, 0.5) is 0 Å². The van der Waals surface area contributed by atoms with Crippen LogP contribution in [-0.2, 0) is 6.54 Å². The van der Waals surface area contributed by atoms with E-state index in [0.717, 1.165) is 6.54 Å². The highest BCUT2D eigenvalue weighted by Crippen LogP contribution is 2.19. The molecule has 0 amide bonds. The Hall–Kier alpha value is 0.140. The highest BCUT2D eigenvalue weighted by molar-refractivity contribution is 9.10. The van der Waals surface area contributed by atoms with Gasteiger partial charge in [-0.3, -0.25) is 0 Å². The summed E-state index contributed by atoms with van der Waals surface area (Å²) in [5.74, 6) is 0. The number of rotatable bonds is 3. The number of nitrogens with one attached hydrogen (secondary N) is 1. The molecule has 0 radical (unpaired) electrons. The first-order chi connectivity index (χ1) is 5.18. The molecule has 0 atom stereocenters. The topological polar surface area (TPSA) is 12.0 Å². The fourth-order valence-electron chi connectivity index (χ4n) is 0.751. The standard InChI is InChI=1S/C8H12BrNS/c1-6(2)10-4-8-3-7(9)5-11-8/h3,5-6,10H,4H2,1-2H3. The molecule has 0 saturated carbocycles. The molecule has 0 aliphatic rings. The minimum absolute atomic E-state index is 0.566. The maximum atomic E-state index is 3.42. The Morgan fingerprint density at radius 3 is 2.82 bits per heavy atom. The van der Waals surface area contributed by atoms with Gasteiger partial charge in [0.1, 0.15) is 0 Å². The van der Waals surface area contributed by atoms with Gasteiger partial charge in [-0.2, -0.15) is 0 Å². The Balaban J connectivity index is 2.39. The fraction of sp³-hybridized carbons (Fsp3) is 0.500. The zero-order valence-electron chi connectivity index (χ0n) is 6.73. The van der Waals surface area contributed by atoms with Crippen molar-refractivity contribution in [1.82, 2.24) is 5.32 Å². The third-order valence-corrected chi connectivity index (χ3v) is 3.00. The van der Waals surface area contributed by atoms with Gasteiger partial charge in [0, 0.05) is 27.3 Å². The smallest absolute Gasteiger partial charge is 0.0302 e. The van der Waals surface area contributed by atoms with Crippen LogP contribution in [0.2, 0.25) is 0 Å². The van der Waals surface area contributed by atoms with Gasteiger partial charge in [-0.25, -0.2) is 0 Å². The Morgan fingerprint density at radius 2 is 2.36 bits per heavy atom. The van der Waals surface area contributed by atoms with Crippen LogP contribution in [0, 0.1) is 0 Å². The molecule has 0 aromatic carbocycles. The summed E-state index contributed by atoms with van der Waals surface area (Å²) in [6, 6.07) is 2.72. The highest BCUT2D eigenvalue weighted by Gasteiger charge is 1.97. The molecular weight excluding hydrogens is 222 g/mol. The second-order valence-electron chi connectivity index (χ2n) is 2.77. The summed E-state index contributed by atoms with van der Waals surface area (Å²) in [5.41, 5.74) is 0. The predicted octanol–water partition coefficient (Wildman–Crippen LogP) is 3.01. The molecule has 1 aromatic rings. The lowest BCUT2D eigenvalue weighted by atomic mass is 10.4. The van der Waals surface area contributed by atoms with Crippen LogP contribution >= 0.6 is 27.3 Å². The molecule has 0 aliphatic carbocycles. The Morgan fingerprint density at radius 1 is 1.64 bits per heavy atom. The SMILES string of the molecule is CC(C)NCc1cc(Br)cs1. The first kappa shape index (κ1) is 9.23. The van der Waals surface area contributed by atoms with E-state index in [2.05, 4.69) is 46.5 Å². The van der Waals surface area contributed by atoms with E-state index in [1.54, 1.807) is 11.3 Å². The summed E-state index contributed by atoms with van der Waals surface area (Å²) in [5, 5.41) is 5.47. The molecule has 0 aliphatic heterocycles. The van der Waals surface area contributed by atoms with Crippen molar-refractivity contribution in [3.05, 3.63) is 20.8 Å². The zero-order chi connectivity index (χ0) is 8.27. The van der Waals surface area contributed by atoms with Crippen molar-refractivity contribution in [2.45, 2.75) is 26.4 Å². The van der Waals surface area contributed by atoms with Crippen molar-refractivity contribution in [3.63, 3.8) is 0 Å². The van der Waals surface area contributed by atoms with Gasteiger partial charge in [0.05, 0.1) is 0 Å². The van der Waals surface area contributed by atoms with E-state index in [1.807, 2.05) is 0 Å². The number of hydrogen-bond donors (Lipinski definition) is 1. The second-order valence-corrected chi connectivity index (χ2v) is 4.68. The van der Waals surface area contributed by atoms with E-state index >= 15 is 0 Å². The van der Waals surface area contributed by atoms with Crippen molar-refractivity contribution >= 4 is 27.3 Å². The molecule has 3 heteroatoms. The largest absolute Gasteiger partial charge is 0.310 e. The highest BCUT2D eigenvalue weighted by atomic mass is 79.9. The minimum atomic E-state index is 0.566. The molecule has 0 bridgehead atoms. The van der Waals surface area contributed by atoms with Crippen LogP contribution in [0.5, 0.6) is 0 Å². The Labute approximate surface area is 79.9 Å². The summed E-state index contributed by atoms with van der Waals surface area (Å²) in [6.45, 7) is 5.29. The van der Waals surface area contributed by atoms with E-state index in [-0.39, 0.29) is 0 Å². The van der Waals surface area contributed by atoms with Crippen LogP contribution in [-0.4, -0.2) is 6.04 Å². The summed E-state index contributed by atoms with van der Waals surface area (Å²) in [6.07, 6.45) is 0. The molecule has 1 nitrogen and oxygen atoms in total. The van der Waals surface area contributed by atoms with Gasteiger partial charge in [0.2, 0.25) is 0 Å². The number of thiophene rings is 1. The summed E-state index contributed by atoms with van der Waals surface area (Å²) >= 11 is 5.20. The molecule has 0 spiro atoms. The van der Waals surface area contributed by atoms with Gasteiger partial charge in [-0.15, -0.1) is 11.3 Å². The third kappa shape index (κ3) is 3.36. The average Bonchev–Trinajstić information content (AvgIpc) is 2.31. The van der Waals surface area contributed by atoms with Crippen LogP contribution in [0.1, 0.15) is 18.7 Å². The predicted molar refractivity (Wildman–Crippen MR) is 54.0 cm³/mol. The van der Waals surface area contributed by atoms with Gasteiger partial charge in [0.25, 0.3) is 0 Å². The lowest BCUT2D eigenvalue weighted by Crippen LogP contribution is -2.21. The molecule has 0 saturated heterocycles. The van der Waals surface area contributed by atoms with E-state index in [0.29, 0.717) is 6.04 Å². The molecule has 62 valence electrons. The summed E-state index contributed by atoms with van der Waals surface area (Å²) in [4.78, 5) is 1.38. The van der Waals surface area contributed by atoms with Gasteiger partial charge in [0.15, 0.2) is 0 Å². The van der Waals surface area contributed by atoms with Crippen LogP contribution in [0.3, 0.4) is 0 Å². The molecule has 1 heterocycles. The lowest BCUT2D eigenvalue weighted by Gasteiger charge is -2.04. The number of hydrogen-bond acceptors (Lipinski definition) is 2. The average molecular weight is 234 g/mol.